The van der Waals surface area contributed by atoms with Gasteiger partial charge in [-0.15, -0.1) is 12.6 Å². The van der Waals surface area contributed by atoms with Crippen LogP contribution < -0.4 is 0 Å². The molecule has 1 aliphatic rings. The normalized spacial score (nSPS) is 17.3. The molecule has 0 unspecified atom stereocenters. The molecule has 0 amide bonds. The van der Waals surface area contributed by atoms with E-state index in [1.807, 2.05) is 0 Å². The first-order valence-electron chi connectivity index (χ1n) is 8.18. The van der Waals surface area contributed by atoms with Crippen LogP contribution in [0.4, 0.5) is 0 Å². The molecule has 1 saturated carbocycles. The second-order valence-corrected chi connectivity index (χ2v) is 6.43. The number of carbonyl (C=O) groups is 1. The largest absolute Gasteiger partial charge is 0.304 e. The van der Waals surface area contributed by atoms with E-state index < -0.39 is 0 Å². The maximum absolute atomic E-state index is 12.2. The first-order chi connectivity index (χ1) is 10.1. The van der Waals surface area contributed by atoms with Crippen molar-refractivity contribution in [3.63, 3.8) is 0 Å². The lowest BCUT2D eigenvalue weighted by Crippen LogP contribution is -2.32. The van der Waals surface area contributed by atoms with Crippen LogP contribution in [-0.4, -0.2) is 29.6 Å². The molecule has 0 N–H and O–H groups in total. The molecule has 116 valence electrons. The standard InChI is InChI=1S/C18H27NOS/c1-3-19(4-2)14-11-15-9-5-6-10-16(15)18(17(20)21)12-7-8-13-18/h5-6,9-10H,3-4,7-8,11-14H2,1-2H3,(H,20,21). The monoisotopic (exact) mass is 305 g/mol. The summed E-state index contributed by atoms with van der Waals surface area (Å²) in [6.07, 6.45) is 5.20. The van der Waals surface area contributed by atoms with E-state index in [-0.39, 0.29) is 10.5 Å². The highest BCUT2D eigenvalue weighted by atomic mass is 32.1. The Hall–Kier alpha value is -0.800. The molecule has 0 spiro atoms. The van der Waals surface area contributed by atoms with E-state index >= 15 is 0 Å². The number of hydrogen-bond acceptors (Lipinski definition) is 2. The summed E-state index contributed by atoms with van der Waals surface area (Å²) in [7, 11) is 0. The topological polar surface area (TPSA) is 20.3 Å². The van der Waals surface area contributed by atoms with Crippen molar-refractivity contribution in [3.05, 3.63) is 35.4 Å². The second-order valence-electron chi connectivity index (χ2n) is 6.03. The van der Waals surface area contributed by atoms with Gasteiger partial charge in [-0.2, -0.15) is 0 Å². The minimum absolute atomic E-state index is 0.0512. The fourth-order valence-electron chi connectivity index (χ4n) is 3.60. The molecule has 1 aromatic rings. The van der Waals surface area contributed by atoms with Gasteiger partial charge in [0.05, 0.1) is 5.41 Å². The van der Waals surface area contributed by atoms with Crippen LogP contribution in [0.3, 0.4) is 0 Å². The lowest BCUT2D eigenvalue weighted by atomic mass is 9.77. The maximum atomic E-state index is 12.2. The number of likely N-dealkylation sites (N-methyl/N-ethyl adjacent to an activating group) is 1. The molecule has 3 heteroatoms. The van der Waals surface area contributed by atoms with Crippen LogP contribution in [0, 0.1) is 0 Å². The Morgan fingerprint density at radius 2 is 1.81 bits per heavy atom. The van der Waals surface area contributed by atoms with Gasteiger partial charge in [0.2, 0.25) is 0 Å². The predicted octanol–water partition coefficient (Wildman–Crippen LogP) is 3.84. The zero-order chi connectivity index (χ0) is 15.3. The van der Waals surface area contributed by atoms with Crippen molar-refractivity contribution in [2.24, 2.45) is 0 Å². The van der Waals surface area contributed by atoms with Gasteiger partial charge in [-0.25, -0.2) is 0 Å². The van der Waals surface area contributed by atoms with Gasteiger partial charge < -0.3 is 4.90 Å². The number of nitrogens with zero attached hydrogens (tertiary/aromatic N) is 1. The summed E-state index contributed by atoms with van der Waals surface area (Å²) in [4.78, 5) is 14.7. The Kier molecular flexibility index (Phi) is 5.88. The number of rotatable bonds is 7. The number of hydrogen-bond donors (Lipinski definition) is 1. The van der Waals surface area contributed by atoms with E-state index in [9.17, 15) is 4.79 Å². The average Bonchev–Trinajstić information content (AvgIpc) is 2.99. The Labute approximate surface area is 134 Å². The van der Waals surface area contributed by atoms with Crippen LogP contribution in [-0.2, 0) is 16.6 Å². The highest BCUT2D eigenvalue weighted by Crippen LogP contribution is 2.44. The first-order valence-corrected chi connectivity index (χ1v) is 8.63. The molecule has 1 fully saturated rings. The van der Waals surface area contributed by atoms with Crippen molar-refractivity contribution >= 4 is 17.7 Å². The molecule has 0 saturated heterocycles. The number of thiol groups is 1. The highest BCUT2D eigenvalue weighted by Gasteiger charge is 2.41. The lowest BCUT2D eigenvalue weighted by molar-refractivity contribution is -0.115. The summed E-state index contributed by atoms with van der Waals surface area (Å²) in [6, 6.07) is 8.49. The van der Waals surface area contributed by atoms with Gasteiger partial charge in [-0.05, 0) is 43.5 Å². The van der Waals surface area contributed by atoms with Gasteiger partial charge in [0, 0.05) is 6.54 Å². The van der Waals surface area contributed by atoms with Crippen LogP contribution in [0.5, 0.6) is 0 Å². The molecule has 0 radical (unpaired) electrons. The molecule has 2 rings (SSSR count). The van der Waals surface area contributed by atoms with Crippen molar-refractivity contribution in [1.29, 1.82) is 0 Å². The zero-order valence-corrected chi connectivity index (χ0v) is 14.2. The molecule has 0 bridgehead atoms. The van der Waals surface area contributed by atoms with Gasteiger partial charge in [0.15, 0.2) is 5.12 Å². The summed E-state index contributed by atoms with van der Waals surface area (Å²) < 4.78 is 0. The first kappa shape index (κ1) is 16.6. The van der Waals surface area contributed by atoms with Crippen molar-refractivity contribution in [2.45, 2.75) is 51.4 Å². The van der Waals surface area contributed by atoms with E-state index in [1.165, 1.54) is 11.1 Å². The fraction of sp³-hybridized carbons (Fsp3) is 0.611. The summed E-state index contributed by atoms with van der Waals surface area (Å²) in [6.45, 7) is 7.61. The van der Waals surface area contributed by atoms with E-state index in [1.54, 1.807) is 0 Å². The van der Waals surface area contributed by atoms with Crippen LogP contribution in [0.25, 0.3) is 0 Å². The highest BCUT2D eigenvalue weighted by molar-refractivity contribution is 7.96. The van der Waals surface area contributed by atoms with Gasteiger partial charge >= 0.3 is 0 Å². The number of benzene rings is 1. The van der Waals surface area contributed by atoms with E-state index in [0.29, 0.717) is 0 Å². The average molecular weight is 305 g/mol. The molecule has 2 nitrogen and oxygen atoms in total. The Morgan fingerprint density at radius 1 is 1.19 bits per heavy atom. The Morgan fingerprint density at radius 3 is 2.38 bits per heavy atom. The second kappa shape index (κ2) is 7.46. The third-order valence-corrected chi connectivity index (χ3v) is 5.42. The smallest absolute Gasteiger partial charge is 0.196 e. The van der Waals surface area contributed by atoms with Crippen molar-refractivity contribution in [2.75, 3.05) is 19.6 Å². The molecule has 0 heterocycles. The number of carbonyl (C=O) groups excluding carboxylic acids is 1. The van der Waals surface area contributed by atoms with Crippen molar-refractivity contribution in [3.8, 4) is 0 Å². The van der Waals surface area contributed by atoms with Gasteiger partial charge in [0.1, 0.15) is 0 Å². The molecular weight excluding hydrogens is 278 g/mol. The van der Waals surface area contributed by atoms with Crippen LogP contribution in [0.1, 0.15) is 50.7 Å². The van der Waals surface area contributed by atoms with E-state index in [4.69, 9.17) is 0 Å². The molecule has 21 heavy (non-hydrogen) atoms. The molecular formula is C18H27NOS. The van der Waals surface area contributed by atoms with Gasteiger partial charge in [-0.1, -0.05) is 51.0 Å². The third kappa shape index (κ3) is 3.51. The van der Waals surface area contributed by atoms with Crippen molar-refractivity contribution < 1.29 is 4.79 Å². The summed E-state index contributed by atoms with van der Waals surface area (Å²) in [5.74, 6) is 0. The summed E-state index contributed by atoms with van der Waals surface area (Å²) in [5.41, 5.74) is 2.23. The fourth-order valence-corrected chi connectivity index (χ4v) is 3.94. The van der Waals surface area contributed by atoms with Crippen molar-refractivity contribution in [1.82, 2.24) is 4.90 Å². The van der Waals surface area contributed by atoms with Crippen LogP contribution in [0.2, 0.25) is 0 Å². The Balaban J connectivity index is 2.26. The molecule has 1 aromatic carbocycles. The quantitative estimate of drug-likeness (QED) is 0.772. The molecule has 1 aliphatic carbocycles. The summed E-state index contributed by atoms with van der Waals surface area (Å²) in [5, 5.41) is 0.0512. The van der Waals surface area contributed by atoms with Gasteiger partial charge in [-0.3, -0.25) is 4.79 Å². The van der Waals surface area contributed by atoms with E-state index in [2.05, 4.69) is 55.6 Å². The summed E-state index contributed by atoms with van der Waals surface area (Å²) >= 11 is 4.23. The zero-order valence-electron chi connectivity index (χ0n) is 13.3. The molecule has 0 atom stereocenters. The molecule has 0 aliphatic heterocycles. The van der Waals surface area contributed by atoms with Crippen LogP contribution in [0.15, 0.2) is 24.3 Å². The van der Waals surface area contributed by atoms with Crippen LogP contribution >= 0.6 is 12.6 Å². The minimum atomic E-state index is -0.330. The predicted molar refractivity (Wildman–Crippen MR) is 92.1 cm³/mol. The van der Waals surface area contributed by atoms with E-state index in [0.717, 1.165) is 51.7 Å². The Bertz CT molecular complexity index is 476. The van der Waals surface area contributed by atoms with Gasteiger partial charge in [0.25, 0.3) is 0 Å². The maximum Gasteiger partial charge on any atom is 0.196 e. The SMILES string of the molecule is CCN(CC)CCc1ccccc1C1(C(=O)S)CCCC1. The minimum Gasteiger partial charge on any atom is -0.304 e. The third-order valence-electron chi connectivity index (χ3n) is 4.99. The molecule has 0 aromatic heterocycles. The lowest BCUT2D eigenvalue weighted by Gasteiger charge is -2.29.